The molecular weight excluding hydrogens is 285 g/mol. The van der Waals surface area contributed by atoms with Crippen LogP contribution in [0.1, 0.15) is 19.2 Å². The third kappa shape index (κ3) is 4.30. The summed E-state index contributed by atoms with van der Waals surface area (Å²) in [5, 5.41) is 2.79. The number of nitrogens with zero attached hydrogens (tertiary/aromatic N) is 3. The van der Waals surface area contributed by atoms with Crippen LogP contribution in [0.25, 0.3) is 0 Å². The number of pyridine rings is 1. The smallest absolute Gasteiger partial charge is 0.437 e. The Balaban J connectivity index is 2.30. The fourth-order valence-corrected chi connectivity index (χ4v) is 1.48. The largest absolute Gasteiger partial charge is 0.451 e. The van der Waals surface area contributed by atoms with Crippen molar-refractivity contribution in [3.63, 3.8) is 0 Å². The fourth-order valence-electron chi connectivity index (χ4n) is 1.48. The maximum absolute atomic E-state index is 12.8. The summed E-state index contributed by atoms with van der Waals surface area (Å²) < 4.78 is 43.6. The highest BCUT2D eigenvalue weighted by Crippen LogP contribution is 2.30. The molecule has 112 valence electrons. The summed E-state index contributed by atoms with van der Waals surface area (Å²) in [5.74, 6) is -1.07. The maximum Gasteiger partial charge on any atom is 0.451 e. The lowest BCUT2D eigenvalue weighted by atomic mass is 10.4. The van der Waals surface area contributed by atoms with Crippen LogP contribution in [0.2, 0.25) is 0 Å². The van der Waals surface area contributed by atoms with Gasteiger partial charge in [-0.15, -0.1) is 0 Å². The highest BCUT2D eigenvalue weighted by Gasteiger charge is 2.35. The van der Waals surface area contributed by atoms with Crippen LogP contribution in [-0.2, 0) is 6.18 Å². The molecule has 0 saturated carbocycles. The van der Waals surface area contributed by atoms with Crippen molar-refractivity contribution in [3.05, 3.63) is 36.4 Å². The van der Waals surface area contributed by atoms with E-state index in [4.69, 9.17) is 4.74 Å². The van der Waals surface area contributed by atoms with Crippen LogP contribution < -0.4 is 10.1 Å². The van der Waals surface area contributed by atoms with Crippen molar-refractivity contribution in [2.24, 2.45) is 0 Å². The highest BCUT2D eigenvalue weighted by molar-refractivity contribution is 5.40. The van der Waals surface area contributed by atoms with Gasteiger partial charge in [0, 0.05) is 18.8 Å². The molecule has 0 saturated heterocycles. The topological polar surface area (TPSA) is 59.9 Å². The predicted octanol–water partition coefficient (Wildman–Crippen LogP) is 3.50. The Hall–Kier alpha value is -2.38. The van der Waals surface area contributed by atoms with E-state index >= 15 is 0 Å². The van der Waals surface area contributed by atoms with Crippen molar-refractivity contribution in [2.45, 2.75) is 19.5 Å². The summed E-state index contributed by atoms with van der Waals surface area (Å²) in [6.45, 7) is 2.40. The molecule has 0 amide bonds. The summed E-state index contributed by atoms with van der Waals surface area (Å²) in [4.78, 5) is 10.6. The number of hydrogen-bond donors (Lipinski definition) is 1. The van der Waals surface area contributed by atoms with Gasteiger partial charge in [-0.3, -0.25) is 4.98 Å². The van der Waals surface area contributed by atoms with Crippen LogP contribution in [0.3, 0.4) is 0 Å². The van der Waals surface area contributed by atoms with Gasteiger partial charge in [-0.05, 0) is 18.6 Å². The van der Waals surface area contributed by atoms with Gasteiger partial charge < -0.3 is 10.1 Å². The summed E-state index contributed by atoms with van der Waals surface area (Å²) >= 11 is 0. The predicted molar refractivity (Wildman–Crippen MR) is 70.1 cm³/mol. The number of anilines is 1. The van der Waals surface area contributed by atoms with Crippen LogP contribution in [-0.4, -0.2) is 21.5 Å². The molecule has 0 atom stereocenters. The Morgan fingerprint density at radius 2 is 2.10 bits per heavy atom. The highest BCUT2D eigenvalue weighted by atomic mass is 19.4. The molecule has 0 fully saturated rings. The van der Waals surface area contributed by atoms with E-state index in [0.29, 0.717) is 12.3 Å². The van der Waals surface area contributed by atoms with Gasteiger partial charge in [-0.25, -0.2) is 4.98 Å². The minimum atomic E-state index is -4.64. The molecule has 21 heavy (non-hydrogen) atoms. The molecule has 0 aromatic carbocycles. The van der Waals surface area contributed by atoms with E-state index in [9.17, 15) is 13.2 Å². The molecule has 0 spiro atoms. The Bertz CT molecular complexity index is 590. The van der Waals surface area contributed by atoms with Gasteiger partial charge in [0.2, 0.25) is 11.7 Å². The van der Waals surface area contributed by atoms with Crippen LogP contribution in [0.5, 0.6) is 11.6 Å². The van der Waals surface area contributed by atoms with Crippen molar-refractivity contribution in [1.29, 1.82) is 0 Å². The first-order valence-corrected chi connectivity index (χ1v) is 6.27. The second-order valence-corrected chi connectivity index (χ2v) is 4.13. The van der Waals surface area contributed by atoms with E-state index in [-0.39, 0.29) is 11.7 Å². The van der Waals surface area contributed by atoms with E-state index < -0.39 is 12.0 Å². The standard InChI is InChI=1S/C13H13F3N4O/c1-2-5-18-10-7-11(20-12(19-10)13(14,15)16)21-9-4-3-6-17-8-9/h3-4,6-8H,2,5H2,1H3,(H,18,19,20). The number of ether oxygens (including phenoxy) is 1. The van der Waals surface area contributed by atoms with Crippen molar-refractivity contribution in [2.75, 3.05) is 11.9 Å². The van der Waals surface area contributed by atoms with Gasteiger partial charge in [0.15, 0.2) is 0 Å². The molecule has 0 aliphatic heterocycles. The zero-order valence-electron chi connectivity index (χ0n) is 11.2. The molecule has 0 radical (unpaired) electrons. The van der Waals surface area contributed by atoms with Crippen molar-refractivity contribution in [1.82, 2.24) is 15.0 Å². The number of aromatic nitrogens is 3. The minimum absolute atomic E-state index is 0.0677. The molecule has 0 aliphatic carbocycles. The maximum atomic E-state index is 12.8. The molecule has 8 heteroatoms. The third-order valence-electron chi connectivity index (χ3n) is 2.37. The summed E-state index contributed by atoms with van der Waals surface area (Å²) in [6, 6.07) is 4.50. The van der Waals surface area contributed by atoms with Crippen molar-refractivity contribution < 1.29 is 17.9 Å². The van der Waals surface area contributed by atoms with Gasteiger partial charge in [-0.2, -0.15) is 18.2 Å². The molecule has 2 heterocycles. The SMILES string of the molecule is CCCNc1cc(Oc2cccnc2)nc(C(F)(F)F)n1. The fraction of sp³-hybridized carbons (Fsp3) is 0.308. The van der Waals surface area contributed by atoms with Gasteiger partial charge in [0.25, 0.3) is 0 Å². The van der Waals surface area contributed by atoms with E-state index in [1.807, 2.05) is 6.92 Å². The molecule has 2 rings (SSSR count). The molecular formula is C13H13F3N4O. The summed E-state index contributed by atoms with van der Waals surface area (Å²) in [7, 11) is 0. The van der Waals surface area contributed by atoms with Gasteiger partial charge in [0.05, 0.1) is 6.20 Å². The van der Waals surface area contributed by atoms with Crippen molar-refractivity contribution >= 4 is 5.82 Å². The van der Waals surface area contributed by atoms with Crippen molar-refractivity contribution in [3.8, 4) is 11.6 Å². The number of hydrogen-bond acceptors (Lipinski definition) is 5. The quantitative estimate of drug-likeness (QED) is 0.915. The zero-order chi connectivity index (χ0) is 15.3. The Labute approximate surface area is 119 Å². The Kier molecular flexibility index (Phi) is 4.56. The second kappa shape index (κ2) is 6.38. The monoisotopic (exact) mass is 298 g/mol. The molecule has 1 N–H and O–H groups in total. The summed E-state index contributed by atoms with van der Waals surface area (Å²) in [5.41, 5.74) is 0. The van der Waals surface area contributed by atoms with Crippen LogP contribution >= 0.6 is 0 Å². The molecule has 2 aromatic rings. The lowest BCUT2D eigenvalue weighted by Gasteiger charge is -2.11. The first-order valence-electron chi connectivity index (χ1n) is 6.27. The van der Waals surface area contributed by atoms with Gasteiger partial charge in [-0.1, -0.05) is 6.92 Å². The van der Waals surface area contributed by atoms with E-state index in [1.165, 1.54) is 18.5 Å². The Morgan fingerprint density at radius 3 is 2.71 bits per heavy atom. The van der Waals surface area contributed by atoms with Crippen LogP contribution in [0.15, 0.2) is 30.6 Å². The van der Waals surface area contributed by atoms with Gasteiger partial charge >= 0.3 is 6.18 Å². The molecule has 2 aromatic heterocycles. The van der Waals surface area contributed by atoms with E-state index in [2.05, 4.69) is 20.3 Å². The Morgan fingerprint density at radius 1 is 1.29 bits per heavy atom. The van der Waals surface area contributed by atoms with Gasteiger partial charge in [0.1, 0.15) is 11.6 Å². The number of halogens is 3. The van der Waals surface area contributed by atoms with Crippen LogP contribution in [0.4, 0.5) is 19.0 Å². The average molecular weight is 298 g/mol. The number of alkyl halides is 3. The summed E-state index contributed by atoms with van der Waals surface area (Å²) in [6.07, 6.45) is -0.974. The lowest BCUT2D eigenvalue weighted by Crippen LogP contribution is -2.14. The second-order valence-electron chi connectivity index (χ2n) is 4.13. The molecule has 5 nitrogen and oxygen atoms in total. The zero-order valence-corrected chi connectivity index (χ0v) is 11.2. The van der Waals surface area contributed by atoms with Crippen LogP contribution in [0, 0.1) is 0 Å². The number of nitrogens with one attached hydrogen (secondary N) is 1. The van der Waals surface area contributed by atoms with E-state index in [0.717, 1.165) is 6.42 Å². The third-order valence-corrected chi connectivity index (χ3v) is 2.37. The molecule has 0 aliphatic rings. The molecule has 0 bridgehead atoms. The normalized spacial score (nSPS) is 11.2. The average Bonchev–Trinajstić information content (AvgIpc) is 2.45. The minimum Gasteiger partial charge on any atom is -0.437 e. The molecule has 0 unspecified atom stereocenters. The first kappa shape index (κ1) is 15.0. The van der Waals surface area contributed by atoms with E-state index in [1.54, 1.807) is 12.1 Å². The number of rotatable bonds is 5. The first-order chi connectivity index (χ1) is 9.99. The lowest BCUT2D eigenvalue weighted by molar-refractivity contribution is -0.145.